The summed E-state index contributed by atoms with van der Waals surface area (Å²) < 4.78 is 10.0. The van der Waals surface area contributed by atoms with Gasteiger partial charge in [-0.25, -0.2) is 0 Å². The van der Waals surface area contributed by atoms with E-state index in [0.717, 1.165) is 5.56 Å². The second-order valence-corrected chi connectivity index (χ2v) is 6.21. The van der Waals surface area contributed by atoms with E-state index in [1.165, 1.54) is 12.5 Å². The molecular formula is C15H21N3O4. The minimum Gasteiger partial charge on any atom is -0.472 e. The van der Waals surface area contributed by atoms with Gasteiger partial charge in [-0.1, -0.05) is 25.9 Å². The van der Waals surface area contributed by atoms with Gasteiger partial charge in [0.25, 0.3) is 0 Å². The predicted molar refractivity (Wildman–Crippen MR) is 78.8 cm³/mol. The fraction of sp³-hybridized carbons (Fsp3) is 0.533. The van der Waals surface area contributed by atoms with Gasteiger partial charge in [0.1, 0.15) is 6.26 Å². The minimum atomic E-state index is -0.590. The summed E-state index contributed by atoms with van der Waals surface area (Å²) in [5.74, 6) is 0.668. The van der Waals surface area contributed by atoms with Gasteiger partial charge in [-0.15, -0.1) is 0 Å². The summed E-state index contributed by atoms with van der Waals surface area (Å²) in [6.07, 6.45) is 3.04. The highest BCUT2D eigenvalue weighted by Gasteiger charge is 2.22. The third kappa shape index (κ3) is 4.42. The molecule has 0 aromatic carbocycles. The lowest BCUT2D eigenvalue weighted by Gasteiger charge is -2.25. The van der Waals surface area contributed by atoms with E-state index in [2.05, 4.69) is 15.5 Å². The summed E-state index contributed by atoms with van der Waals surface area (Å²) in [6.45, 7) is 5.98. The van der Waals surface area contributed by atoms with Crippen molar-refractivity contribution in [1.29, 1.82) is 0 Å². The lowest BCUT2D eigenvalue weighted by molar-refractivity contribution is -0.121. The van der Waals surface area contributed by atoms with Gasteiger partial charge in [0.15, 0.2) is 0 Å². The van der Waals surface area contributed by atoms with Crippen LogP contribution in [0.2, 0.25) is 0 Å². The quantitative estimate of drug-likeness (QED) is 0.843. The van der Waals surface area contributed by atoms with Crippen LogP contribution in [0.3, 0.4) is 0 Å². The van der Waals surface area contributed by atoms with E-state index in [-0.39, 0.29) is 24.3 Å². The van der Waals surface area contributed by atoms with Crippen LogP contribution in [-0.4, -0.2) is 33.8 Å². The van der Waals surface area contributed by atoms with E-state index in [1.54, 1.807) is 6.07 Å². The summed E-state index contributed by atoms with van der Waals surface area (Å²) >= 11 is 0. The summed E-state index contributed by atoms with van der Waals surface area (Å²) in [6, 6.07) is 1.73. The van der Waals surface area contributed by atoms with E-state index >= 15 is 0 Å². The molecule has 1 atom stereocenters. The van der Waals surface area contributed by atoms with Gasteiger partial charge >= 0.3 is 0 Å². The fourth-order valence-corrected chi connectivity index (χ4v) is 1.69. The molecule has 0 saturated heterocycles. The van der Waals surface area contributed by atoms with Crippen molar-refractivity contribution < 1.29 is 18.8 Å². The Kier molecular flexibility index (Phi) is 4.97. The van der Waals surface area contributed by atoms with Crippen LogP contribution in [0.4, 0.5) is 0 Å². The molecule has 0 bridgehead atoms. The first-order valence-corrected chi connectivity index (χ1v) is 7.16. The van der Waals surface area contributed by atoms with Crippen molar-refractivity contribution in [2.75, 3.05) is 6.54 Å². The van der Waals surface area contributed by atoms with Gasteiger partial charge in [-0.3, -0.25) is 4.79 Å². The normalized spacial score (nSPS) is 13.1. The first-order valence-electron chi connectivity index (χ1n) is 7.16. The van der Waals surface area contributed by atoms with Crippen LogP contribution in [-0.2, 0) is 11.2 Å². The lowest BCUT2D eigenvalue weighted by Crippen LogP contribution is -2.39. The molecule has 7 nitrogen and oxygen atoms in total. The van der Waals surface area contributed by atoms with Gasteiger partial charge < -0.3 is 19.4 Å². The highest BCUT2D eigenvalue weighted by atomic mass is 16.5. The van der Waals surface area contributed by atoms with Crippen molar-refractivity contribution in [3.05, 3.63) is 24.5 Å². The van der Waals surface area contributed by atoms with Crippen molar-refractivity contribution in [2.45, 2.75) is 39.7 Å². The lowest BCUT2D eigenvalue weighted by atomic mass is 9.89. The Labute approximate surface area is 128 Å². The summed E-state index contributed by atoms with van der Waals surface area (Å²) in [5, 5.41) is 16.4. The van der Waals surface area contributed by atoms with Crippen molar-refractivity contribution >= 4 is 5.91 Å². The van der Waals surface area contributed by atoms with Gasteiger partial charge in [-0.2, -0.15) is 4.98 Å². The summed E-state index contributed by atoms with van der Waals surface area (Å²) in [7, 11) is 0. The van der Waals surface area contributed by atoms with Crippen molar-refractivity contribution in [3.8, 4) is 11.4 Å². The van der Waals surface area contributed by atoms with E-state index < -0.39 is 6.10 Å². The number of amides is 1. The molecule has 2 heterocycles. The molecule has 120 valence electrons. The molecule has 0 aliphatic carbocycles. The van der Waals surface area contributed by atoms with Gasteiger partial charge in [0.05, 0.1) is 17.9 Å². The Hall–Kier alpha value is -2.15. The van der Waals surface area contributed by atoms with Crippen LogP contribution in [0.25, 0.3) is 11.4 Å². The molecule has 2 rings (SSSR count). The van der Waals surface area contributed by atoms with Crippen molar-refractivity contribution in [1.82, 2.24) is 15.5 Å². The molecule has 2 aromatic heterocycles. The Bertz CT molecular complexity index is 599. The summed E-state index contributed by atoms with van der Waals surface area (Å²) in [4.78, 5) is 15.9. The Morgan fingerprint density at radius 3 is 2.86 bits per heavy atom. The molecule has 1 amide bonds. The number of carbonyl (C=O) groups excluding carboxylic acids is 1. The number of rotatable bonds is 6. The molecule has 0 spiro atoms. The van der Waals surface area contributed by atoms with Crippen LogP contribution in [0.5, 0.6) is 0 Å². The number of nitrogens with one attached hydrogen (secondary N) is 1. The molecule has 0 saturated carbocycles. The number of aromatic nitrogens is 2. The molecule has 1 unspecified atom stereocenters. The molecule has 2 aromatic rings. The van der Waals surface area contributed by atoms with Gasteiger partial charge in [0, 0.05) is 19.4 Å². The topological polar surface area (TPSA) is 101 Å². The number of furan rings is 1. The van der Waals surface area contributed by atoms with Crippen LogP contribution in [0, 0.1) is 5.41 Å². The largest absolute Gasteiger partial charge is 0.472 e. The van der Waals surface area contributed by atoms with Crippen molar-refractivity contribution in [2.24, 2.45) is 5.41 Å². The molecule has 0 radical (unpaired) electrons. The number of hydrogen-bond acceptors (Lipinski definition) is 6. The average Bonchev–Trinajstić information content (AvgIpc) is 3.11. The molecular weight excluding hydrogens is 286 g/mol. The van der Waals surface area contributed by atoms with Crippen molar-refractivity contribution in [3.63, 3.8) is 0 Å². The number of carbonyl (C=O) groups is 1. The average molecular weight is 307 g/mol. The zero-order chi connectivity index (χ0) is 16.2. The Morgan fingerprint density at radius 1 is 1.45 bits per heavy atom. The first kappa shape index (κ1) is 16.2. The highest BCUT2D eigenvalue weighted by Crippen LogP contribution is 2.18. The van der Waals surface area contributed by atoms with Gasteiger partial charge in [0.2, 0.25) is 17.6 Å². The summed E-state index contributed by atoms with van der Waals surface area (Å²) in [5.41, 5.74) is 0.465. The maximum absolute atomic E-state index is 11.8. The van der Waals surface area contributed by atoms with Crippen LogP contribution in [0.1, 0.15) is 33.1 Å². The number of aryl methyl sites for hydroxylation is 1. The smallest absolute Gasteiger partial charge is 0.227 e. The maximum Gasteiger partial charge on any atom is 0.227 e. The number of aliphatic hydroxyl groups is 1. The predicted octanol–water partition coefficient (Wildman–Crippen LogP) is 1.79. The highest BCUT2D eigenvalue weighted by molar-refractivity contribution is 5.76. The Balaban J connectivity index is 1.77. The van der Waals surface area contributed by atoms with Crippen LogP contribution >= 0.6 is 0 Å². The van der Waals surface area contributed by atoms with E-state index in [4.69, 9.17) is 8.94 Å². The molecule has 0 fully saturated rings. The molecule has 7 heteroatoms. The monoisotopic (exact) mass is 307 g/mol. The standard InChI is InChI=1S/C15H21N3O4/c1-15(2,3)11(19)8-16-12(20)4-5-13-17-14(18-22-13)10-6-7-21-9-10/h6-7,9,11,19H,4-5,8H2,1-3H3,(H,16,20). The Morgan fingerprint density at radius 2 is 2.23 bits per heavy atom. The molecule has 0 aliphatic rings. The molecule has 2 N–H and O–H groups in total. The zero-order valence-electron chi connectivity index (χ0n) is 13.0. The fourth-order valence-electron chi connectivity index (χ4n) is 1.69. The third-order valence-electron chi connectivity index (χ3n) is 3.31. The molecule has 0 aliphatic heterocycles. The second kappa shape index (κ2) is 6.74. The SMILES string of the molecule is CC(C)(C)C(O)CNC(=O)CCc1nc(-c2ccoc2)no1. The zero-order valence-corrected chi connectivity index (χ0v) is 13.0. The number of nitrogens with zero attached hydrogens (tertiary/aromatic N) is 2. The minimum absolute atomic E-state index is 0.161. The van der Waals surface area contributed by atoms with Gasteiger partial charge in [-0.05, 0) is 11.5 Å². The van der Waals surface area contributed by atoms with E-state index in [1.807, 2.05) is 20.8 Å². The number of hydrogen-bond donors (Lipinski definition) is 2. The van der Waals surface area contributed by atoms with Crippen LogP contribution in [0.15, 0.2) is 27.5 Å². The van der Waals surface area contributed by atoms with E-state index in [0.29, 0.717) is 18.1 Å². The second-order valence-electron chi connectivity index (χ2n) is 6.21. The number of aliphatic hydroxyl groups excluding tert-OH is 1. The maximum atomic E-state index is 11.8. The third-order valence-corrected chi connectivity index (χ3v) is 3.31. The molecule has 22 heavy (non-hydrogen) atoms. The van der Waals surface area contributed by atoms with E-state index in [9.17, 15) is 9.90 Å². The van der Waals surface area contributed by atoms with Crippen LogP contribution < -0.4 is 5.32 Å². The first-order chi connectivity index (χ1) is 10.4.